The maximum atomic E-state index is 12.9. The molecule has 404 valence electrons. The largest absolute Gasteiger partial charge is 0.462 e. The highest BCUT2D eigenvalue weighted by molar-refractivity contribution is 5.70. The minimum atomic E-state index is -0.551. The number of hydrogen-bond donors (Lipinski definition) is 0. The van der Waals surface area contributed by atoms with Gasteiger partial charge in [-0.05, 0) is 116 Å². The van der Waals surface area contributed by atoms with Crippen molar-refractivity contribution in [3.63, 3.8) is 0 Å². The molecule has 70 heavy (non-hydrogen) atoms. The van der Waals surface area contributed by atoms with Gasteiger partial charge in [0.2, 0.25) is 0 Å². The van der Waals surface area contributed by atoms with E-state index in [-0.39, 0.29) is 25.2 Å². The molecule has 0 N–H and O–H groups in total. The number of esters is 2. The molecule has 0 bridgehead atoms. The Labute approximate surface area is 435 Å². The summed E-state index contributed by atoms with van der Waals surface area (Å²) < 4.78 is 17.5. The van der Waals surface area contributed by atoms with Gasteiger partial charge in [-0.3, -0.25) is 9.59 Å². The highest BCUT2D eigenvalue weighted by Gasteiger charge is 2.17. The van der Waals surface area contributed by atoms with Crippen LogP contribution in [0.3, 0.4) is 0 Å². The molecule has 0 saturated carbocycles. The maximum absolute atomic E-state index is 12.9. The van der Waals surface area contributed by atoms with Gasteiger partial charge < -0.3 is 14.2 Å². The summed E-state index contributed by atoms with van der Waals surface area (Å²) in [5.41, 5.74) is 0. The fraction of sp³-hybridized carbons (Fsp3) is 0.754. The molecule has 0 aliphatic carbocycles. The molecule has 0 rings (SSSR count). The van der Waals surface area contributed by atoms with E-state index in [4.69, 9.17) is 14.2 Å². The number of carbonyl (C=O) groups is 2. The minimum absolute atomic E-state index is 0.0735. The van der Waals surface area contributed by atoms with Crippen molar-refractivity contribution >= 4 is 11.9 Å². The SMILES string of the molecule is CC/C=C\C/C=C\C/C=C\CCCCCCCCCC(=O)OCC(COCCCCCCCCCCCC/C=C\C/C=C\CCCCC)OC(=O)CCCCCCCCC/C=C\C/C=C\CCCCC. The first-order valence-corrected chi connectivity index (χ1v) is 30.1. The van der Waals surface area contributed by atoms with Crippen molar-refractivity contribution in [2.45, 2.75) is 297 Å². The van der Waals surface area contributed by atoms with E-state index in [2.05, 4.69) is 106 Å². The molecule has 1 unspecified atom stereocenters. The van der Waals surface area contributed by atoms with Crippen molar-refractivity contribution in [2.24, 2.45) is 0 Å². The first-order valence-electron chi connectivity index (χ1n) is 30.1. The lowest BCUT2D eigenvalue weighted by Gasteiger charge is -2.18. The molecule has 0 aliphatic rings. The molecule has 0 aliphatic heterocycles. The molecule has 0 aromatic rings. The van der Waals surface area contributed by atoms with Gasteiger partial charge in [-0.2, -0.15) is 0 Å². The summed E-state index contributed by atoms with van der Waals surface area (Å²) in [6.45, 7) is 7.67. The molecule has 0 amide bonds. The second-order valence-corrected chi connectivity index (χ2v) is 19.9. The Kier molecular flexibility index (Phi) is 57.9. The van der Waals surface area contributed by atoms with E-state index >= 15 is 0 Å². The van der Waals surface area contributed by atoms with Crippen LogP contribution in [0.25, 0.3) is 0 Å². The zero-order chi connectivity index (χ0) is 50.6. The van der Waals surface area contributed by atoms with Crippen LogP contribution in [0.5, 0.6) is 0 Å². The molecule has 0 aromatic heterocycles. The fourth-order valence-electron chi connectivity index (χ4n) is 8.41. The van der Waals surface area contributed by atoms with Gasteiger partial charge in [-0.25, -0.2) is 0 Å². The molecule has 0 spiro atoms. The van der Waals surface area contributed by atoms with E-state index in [1.807, 2.05) is 0 Å². The van der Waals surface area contributed by atoms with Gasteiger partial charge >= 0.3 is 11.9 Å². The second kappa shape index (κ2) is 60.4. The number of allylic oxidation sites excluding steroid dienone is 14. The van der Waals surface area contributed by atoms with Gasteiger partial charge in [0, 0.05) is 19.4 Å². The molecule has 1 atom stereocenters. The topological polar surface area (TPSA) is 61.8 Å². The Morgan fingerprint density at radius 3 is 1.03 bits per heavy atom. The highest BCUT2D eigenvalue weighted by atomic mass is 16.6. The monoisotopic (exact) mass is 975 g/mol. The van der Waals surface area contributed by atoms with Crippen molar-refractivity contribution in [3.8, 4) is 0 Å². The molecule has 0 fully saturated rings. The zero-order valence-corrected chi connectivity index (χ0v) is 46.5. The van der Waals surface area contributed by atoms with Crippen LogP contribution in [0.15, 0.2) is 85.1 Å². The third-order valence-corrected chi connectivity index (χ3v) is 12.9. The van der Waals surface area contributed by atoms with E-state index in [0.717, 1.165) is 89.9 Å². The first-order chi connectivity index (χ1) is 34.6. The van der Waals surface area contributed by atoms with Crippen LogP contribution in [0, 0.1) is 0 Å². The summed E-state index contributed by atoms with van der Waals surface area (Å²) in [6.07, 6.45) is 80.3. The van der Waals surface area contributed by atoms with E-state index in [9.17, 15) is 9.59 Å². The Balaban J connectivity index is 4.30. The zero-order valence-electron chi connectivity index (χ0n) is 46.5. The van der Waals surface area contributed by atoms with Gasteiger partial charge in [-0.15, -0.1) is 0 Å². The summed E-state index contributed by atoms with van der Waals surface area (Å²) in [7, 11) is 0. The van der Waals surface area contributed by atoms with E-state index in [1.54, 1.807) is 0 Å². The number of rotatable bonds is 55. The smallest absolute Gasteiger partial charge is 0.306 e. The van der Waals surface area contributed by atoms with Crippen molar-refractivity contribution in [2.75, 3.05) is 19.8 Å². The van der Waals surface area contributed by atoms with Crippen LogP contribution in [0.2, 0.25) is 0 Å². The van der Waals surface area contributed by atoms with E-state index in [1.165, 1.54) is 167 Å². The third-order valence-electron chi connectivity index (χ3n) is 12.9. The second-order valence-electron chi connectivity index (χ2n) is 19.9. The maximum Gasteiger partial charge on any atom is 0.306 e. The Morgan fingerprint density at radius 1 is 0.329 bits per heavy atom. The number of unbranched alkanes of at least 4 members (excludes halogenated alkanes) is 30. The summed E-state index contributed by atoms with van der Waals surface area (Å²) in [5, 5.41) is 0. The summed E-state index contributed by atoms with van der Waals surface area (Å²) in [5.74, 6) is -0.412. The number of hydrogen-bond acceptors (Lipinski definition) is 5. The van der Waals surface area contributed by atoms with Crippen LogP contribution < -0.4 is 0 Å². The molecule has 0 saturated heterocycles. The average molecular weight is 976 g/mol. The lowest BCUT2D eigenvalue weighted by atomic mass is 10.1. The highest BCUT2D eigenvalue weighted by Crippen LogP contribution is 2.15. The number of carbonyl (C=O) groups excluding carboxylic acids is 2. The van der Waals surface area contributed by atoms with Gasteiger partial charge in [-0.1, -0.05) is 247 Å². The summed E-state index contributed by atoms with van der Waals surface area (Å²) in [4.78, 5) is 25.6. The van der Waals surface area contributed by atoms with Crippen LogP contribution in [-0.4, -0.2) is 37.9 Å². The van der Waals surface area contributed by atoms with Crippen LogP contribution in [-0.2, 0) is 23.8 Å². The van der Waals surface area contributed by atoms with Gasteiger partial charge in [0.1, 0.15) is 6.61 Å². The minimum Gasteiger partial charge on any atom is -0.462 e. The predicted molar refractivity (Wildman–Crippen MR) is 307 cm³/mol. The Hall–Kier alpha value is -2.92. The van der Waals surface area contributed by atoms with Crippen molar-refractivity contribution in [1.82, 2.24) is 0 Å². The van der Waals surface area contributed by atoms with Gasteiger partial charge in [0.15, 0.2) is 6.10 Å². The van der Waals surface area contributed by atoms with Crippen molar-refractivity contribution in [1.29, 1.82) is 0 Å². The van der Waals surface area contributed by atoms with Crippen LogP contribution in [0.1, 0.15) is 290 Å². The summed E-state index contributed by atoms with van der Waals surface area (Å²) in [6, 6.07) is 0. The van der Waals surface area contributed by atoms with Crippen LogP contribution in [0.4, 0.5) is 0 Å². The lowest BCUT2D eigenvalue weighted by molar-refractivity contribution is -0.163. The normalized spacial score (nSPS) is 12.8. The molecule has 5 nitrogen and oxygen atoms in total. The Morgan fingerprint density at radius 2 is 0.643 bits per heavy atom. The number of ether oxygens (including phenoxy) is 3. The molecular formula is C65H114O5. The first kappa shape index (κ1) is 67.1. The predicted octanol–water partition coefficient (Wildman–Crippen LogP) is 20.8. The molecule has 0 heterocycles. The van der Waals surface area contributed by atoms with Crippen molar-refractivity contribution in [3.05, 3.63) is 85.1 Å². The third kappa shape index (κ3) is 57.7. The molecule has 0 radical (unpaired) electrons. The van der Waals surface area contributed by atoms with Crippen LogP contribution >= 0.6 is 0 Å². The van der Waals surface area contributed by atoms with E-state index < -0.39 is 6.10 Å². The Bertz CT molecular complexity index is 1290. The standard InChI is InChI=1S/C65H114O5/c1-4-7-10-13-16-19-22-25-28-31-32-33-36-39-42-45-48-51-54-57-60-68-61-63(70-65(67)59-56-53-50-47-44-41-38-35-30-27-24-21-18-15-12-9-6-3)62-69-64(66)58-55-52-49-46-43-40-37-34-29-26-23-20-17-14-11-8-5-2/h8,11,16-21,25-30,63H,4-7,9-10,12-15,22-24,31-62H2,1-3H3/b11-8-,19-16-,20-17-,21-18-,28-25-,29-26-,30-27-. The quantitative estimate of drug-likeness (QED) is 0.0345. The molecule has 0 aromatic carbocycles. The summed E-state index contributed by atoms with van der Waals surface area (Å²) >= 11 is 0. The van der Waals surface area contributed by atoms with Crippen molar-refractivity contribution < 1.29 is 23.8 Å². The average Bonchev–Trinajstić information content (AvgIpc) is 3.36. The van der Waals surface area contributed by atoms with E-state index in [0.29, 0.717) is 19.4 Å². The fourth-order valence-corrected chi connectivity index (χ4v) is 8.41. The molecular weight excluding hydrogens is 861 g/mol. The molecule has 5 heteroatoms. The van der Waals surface area contributed by atoms with Gasteiger partial charge in [0.25, 0.3) is 0 Å². The lowest BCUT2D eigenvalue weighted by Crippen LogP contribution is -2.30. The van der Waals surface area contributed by atoms with Gasteiger partial charge in [0.05, 0.1) is 6.61 Å².